The highest BCUT2D eigenvalue weighted by Gasteiger charge is 2.13. The zero-order chi connectivity index (χ0) is 13.0. The summed E-state index contributed by atoms with van der Waals surface area (Å²) in [7, 11) is 1.77. The summed E-state index contributed by atoms with van der Waals surface area (Å²) in [4.78, 5) is 20.0. The molecule has 94 valence electrons. The molecule has 7 heteroatoms. The highest BCUT2D eigenvalue weighted by atomic mass is 16.1. The molecule has 0 aliphatic heterocycles. The topological polar surface area (TPSA) is 95.6 Å². The van der Waals surface area contributed by atoms with E-state index in [0.717, 1.165) is 5.82 Å². The molecule has 2 heterocycles. The Balaban J connectivity index is 2.03. The van der Waals surface area contributed by atoms with Crippen molar-refractivity contribution in [2.45, 2.75) is 13.0 Å². The number of hydrogen-bond donors (Lipinski definition) is 3. The van der Waals surface area contributed by atoms with Gasteiger partial charge in [-0.25, -0.2) is 9.97 Å². The number of aromatic nitrogens is 4. The van der Waals surface area contributed by atoms with Gasteiger partial charge in [-0.05, 0) is 19.1 Å². The Hall–Kier alpha value is -2.44. The van der Waals surface area contributed by atoms with E-state index in [0.29, 0.717) is 11.4 Å². The molecule has 0 aliphatic carbocycles. The second kappa shape index (κ2) is 5.26. The molecule has 0 fully saturated rings. The third-order valence-corrected chi connectivity index (χ3v) is 2.47. The second-order valence-electron chi connectivity index (χ2n) is 3.75. The van der Waals surface area contributed by atoms with Crippen LogP contribution in [0, 0.1) is 0 Å². The number of amides is 1. The van der Waals surface area contributed by atoms with E-state index in [2.05, 4.69) is 30.8 Å². The first-order valence-corrected chi connectivity index (χ1v) is 5.50. The molecule has 3 N–H and O–H groups in total. The molecule has 1 amide bonds. The molecule has 0 aromatic carbocycles. The molecule has 0 spiro atoms. The summed E-state index contributed by atoms with van der Waals surface area (Å²) in [5.74, 6) is 1.13. The second-order valence-corrected chi connectivity index (χ2v) is 3.75. The average molecular weight is 246 g/mol. The van der Waals surface area contributed by atoms with Gasteiger partial charge in [-0.15, -0.1) is 0 Å². The standard InChI is InChI=1S/C11H14N6O/c1-7(10-14-6-15-17-10)16-11(18)8-3-4-9(12-2)13-5-8/h3-7H,1-2H3,(H,12,13)(H,16,18)(H,14,15,17). The summed E-state index contributed by atoms with van der Waals surface area (Å²) >= 11 is 0. The van der Waals surface area contributed by atoms with Crippen LogP contribution < -0.4 is 10.6 Å². The van der Waals surface area contributed by atoms with E-state index in [1.807, 2.05) is 6.92 Å². The van der Waals surface area contributed by atoms with Crippen LogP contribution in [0.25, 0.3) is 0 Å². The van der Waals surface area contributed by atoms with Gasteiger partial charge < -0.3 is 10.6 Å². The van der Waals surface area contributed by atoms with Gasteiger partial charge in [0, 0.05) is 13.2 Å². The van der Waals surface area contributed by atoms with Gasteiger partial charge >= 0.3 is 0 Å². The van der Waals surface area contributed by atoms with E-state index >= 15 is 0 Å². The van der Waals surface area contributed by atoms with Crippen LogP contribution in [-0.2, 0) is 0 Å². The van der Waals surface area contributed by atoms with Crippen LogP contribution in [0.1, 0.15) is 29.1 Å². The molecule has 0 saturated heterocycles. The predicted octanol–water partition coefficient (Wildman–Crippen LogP) is 0.732. The van der Waals surface area contributed by atoms with E-state index < -0.39 is 0 Å². The molecule has 0 aliphatic rings. The lowest BCUT2D eigenvalue weighted by molar-refractivity contribution is 0.0938. The van der Waals surface area contributed by atoms with Gasteiger partial charge in [0.15, 0.2) is 0 Å². The first kappa shape index (κ1) is 12.0. The van der Waals surface area contributed by atoms with E-state index in [1.54, 1.807) is 19.2 Å². The number of rotatable bonds is 4. The smallest absolute Gasteiger partial charge is 0.253 e. The van der Waals surface area contributed by atoms with Crippen molar-refractivity contribution < 1.29 is 4.79 Å². The summed E-state index contributed by atoms with van der Waals surface area (Å²) < 4.78 is 0. The van der Waals surface area contributed by atoms with Gasteiger partial charge in [0.25, 0.3) is 5.91 Å². The molecule has 0 bridgehead atoms. The van der Waals surface area contributed by atoms with Crippen molar-refractivity contribution in [3.63, 3.8) is 0 Å². The number of nitrogens with one attached hydrogen (secondary N) is 3. The lowest BCUT2D eigenvalue weighted by Gasteiger charge is -2.10. The maximum atomic E-state index is 11.9. The number of carbonyl (C=O) groups excluding carboxylic acids is 1. The molecular formula is C11H14N6O. The Kier molecular flexibility index (Phi) is 3.52. The maximum Gasteiger partial charge on any atom is 0.253 e. The van der Waals surface area contributed by atoms with Crippen LogP contribution in [0.2, 0.25) is 0 Å². The van der Waals surface area contributed by atoms with E-state index in [-0.39, 0.29) is 11.9 Å². The predicted molar refractivity (Wildman–Crippen MR) is 66.0 cm³/mol. The van der Waals surface area contributed by atoms with Gasteiger partial charge in [0.2, 0.25) is 0 Å². The quantitative estimate of drug-likeness (QED) is 0.739. The normalized spacial score (nSPS) is 11.9. The molecular weight excluding hydrogens is 232 g/mol. The molecule has 2 aromatic heterocycles. The van der Waals surface area contributed by atoms with E-state index in [4.69, 9.17) is 0 Å². The minimum absolute atomic E-state index is 0.200. The molecule has 0 saturated carbocycles. The van der Waals surface area contributed by atoms with E-state index in [1.165, 1.54) is 12.5 Å². The van der Waals surface area contributed by atoms with Gasteiger partial charge in [-0.1, -0.05) is 0 Å². The lowest BCUT2D eigenvalue weighted by Crippen LogP contribution is -2.27. The highest BCUT2D eigenvalue weighted by Crippen LogP contribution is 2.08. The van der Waals surface area contributed by atoms with Gasteiger partial charge in [-0.3, -0.25) is 9.89 Å². The Labute approximate surface area is 104 Å². The zero-order valence-electron chi connectivity index (χ0n) is 10.1. The molecule has 1 atom stereocenters. The summed E-state index contributed by atoms with van der Waals surface area (Å²) in [6.07, 6.45) is 2.93. The van der Waals surface area contributed by atoms with Crippen LogP contribution in [-0.4, -0.2) is 33.1 Å². The van der Waals surface area contributed by atoms with Crippen molar-refractivity contribution in [2.24, 2.45) is 0 Å². The van der Waals surface area contributed by atoms with Crippen LogP contribution in [0.5, 0.6) is 0 Å². The lowest BCUT2D eigenvalue weighted by atomic mass is 10.2. The fraction of sp³-hybridized carbons (Fsp3) is 0.273. The van der Waals surface area contributed by atoms with Gasteiger partial charge in [-0.2, -0.15) is 5.10 Å². The van der Waals surface area contributed by atoms with Crippen LogP contribution in [0.4, 0.5) is 5.82 Å². The molecule has 0 radical (unpaired) electrons. The number of pyridine rings is 1. The molecule has 18 heavy (non-hydrogen) atoms. The van der Waals surface area contributed by atoms with E-state index in [9.17, 15) is 4.79 Å². The molecule has 1 unspecified atom stereocenters. The van der Waals surface area contributed by atoms with Crippen molar-refractivity contribution in [1.29, 1.82) is 0 Å². The molecule has 2 rings (SSSR count). The fourth-order valence-corrected chi connectivity index (χ4v) is 1.45. The van der Waals surface area contributed by atoms with Gasteiger partial charge in [0.05, 0.1) is 11.6 Å². The van der Waals surface area contributed by atoms with Crippen molar-refractivity contribution in [3.05, 3.63) is 36.0 Å². The SMILES string of the molecule is CNc1ccc(C(=O)NC(C)c2ncn[nH]2)cn1. The molecule has 2 aromatic rings. The van der Waals surface area contributed by atoms with Crippen molar-refractivity contribution in [3.8, 4) is 0 Å². The largest absolute Gasteiger partial charge is 0.373 e. The number of carbonyl (C=O) groups is 1. The van der Waals surface area contributed by atoms with Crippen LogP contribution >= 0.6 is 0 Å². The monoisotopic (exact) mass is 246 g/mol. The average Bonchev–Trinajstić information content (AvgIpc) is 2.92. The Morgan fingerprint density at radius 2 is 2.22 bits per heavy atom. The number of aromatic amines is 1. The number of nitrogens with zero attached hydrogens (tertiary/aromatic N) is 3. The zero-order valence-corrected chi connectivity index (χ0v) is 10.1. The first-order valence-electron chi connectivity index (χ1n) is 5.50. The minimum Gasteiger partial charge on any atom is -0.373 e. The Morgan fingerprint density at radius 3 is 2.78 bits per heavy atom. The third kappa shape index (κ3) is 2.62. The van der Waals surface area contributed by atoms with Gasteiger partial charge in [0.1, 0.15) is 18.0 Å². The summed E-state index contributed by atoms with van der Waals surface area (Å²) in [5.41, 5.74) is 0.500. The number of H-pyrrole nitrogens is 1. The fourth-order valence-electron chi connectivity index (χ4n) is 1.45. The summed E-state index contributed by atoms with van der Waals surface area (Å²) in [6.45, 7) is 1.83. The van der Waals surface area contributed by atoms with Crippen molar-refractivity contribution in [1.82, 2.24) is 25.5 Å². The van der Waals surface area contributed by atoms with Crippen LogP contribution in [0.15, 0.2) is 24.7 Å². The minimum atomic E-state index is -0.232. The Morgan fingerprint density at radius 1 is 1.39 bits per heavy atom. The van der Waals surface area contributed by atoms with Crippen molar-refractivity contribution in [2.75, 3.05) is 12.4 Å². The third-order valence-electron chi connectivity index (χ3n) is 2.47. The first-order chi connectivity index (χ1) is 8.70. The van der Waals surface area contributed by atoms with Crippen molar-refractivity contribution >= 4 is 11.7 Å². The summed E-state index contributed by atoms with van der Waals surface area (Å²) in [5, 5.41) is 12.1. The summed E-state index contributed by atoms with van der Waals surface area (Å²) in [6, 6.07) is 3.22. The highest BCUT2D eigenvalue weighted by molar-refractivity contribution is 5.94. The molecule has 7 nitrogen and oxygen atoms in total. The number of anilines is 1. The maximum absolute atomic E-state index is 11.9. The Bertz CT molecular complexity index is 507. The van der Waals surface area contributed by atoms with Crippen LogP contribution in [0.3, 0.4) is 0 Å². The number of hydrogen-bond acceptors (Lipinski definition) is 5.